The minimum absolute atomic E-state index is 0.0874. The van der Waals surface area contributed by atoms with E-state index >= 15 is 0 Å². The summed E-state index contributed by atoms with van der Waals surface area (Å²) in [4.78, 5) is 63.5. The van der Waals surface area contributed by atoms with Crippen molar-refractivity contribution in [2.75, 3.05) is 33.9 Å². The molecule has 6 heterocycles. The number of hydrogen-bond donors (Lipinski definition) is 5. The highest BCUT2D eigenvalue weighted by atomic mass is 16.5. The molecule has 16 heteroatoms. The summed E-state index contributed by atoms with van der Waals surface area (Å²) in [5.41, 5.74) is 6.95. The van der Waals surface area contributed by atoms with Crippen LogP contribution >= 0.6 is 0 Å². The molecule has 0 aliphatic carbocycles. The molecule has 0 radical (unpaired) electrons. The number of imidazole rings is 1. The second-order valence-corrected chi connectivity index (χ2v) is 17.0. The lowest BCUT2D eigenvalue weighted by atomic mass is 10.0. The smallest absolute Gasteiger partial charge is 0.407 e. The third-order valence-electron chi connectivity index (χ3n) is 12.5. The third kappa shape index (κ3) is 8.19. The topological polar surface area (TPSA) is 184 Å². The fourth-order valence-corrected chi connectivity index (χ4v) is 9.26. The lowest BCUT2D eigenvalue weighted by molar-refractivity contribution is -0.136. The Kier molecular flexibility index (Phi) is 11.9. The Morgan fingerprint density at radius 3 is 2.23 bits per heavy atom. The van der Waals surface area contributed by atoms with Crippen LogP contribution in [-0.2, 0) is 25.6 Å². The monoisotopic (exact) mass is 835 g/mol. The molecule has 8 rings (SSSR count). The van der Waals surface area contributed by atoms with E-state index in [1.165, 1.54) is 14.2 Å². The number of rotatable bonds is 10. The van der Waals surface area contributed by atoms with Crippen molar-refractivity contribution >= 4 is 40.6 Å². The van der Waals surface area contributed by atoms with Gasteiger partial charge in [0.25, 0.3) is 0 Å². The van der Waals surface area contributed by atoms with E-state index in [1.807, 2.05) is 49.9 Å². The van der Waals surface area contributed by atoms with Crippen LogP contribution in [-0.4, -0.2) is 107 Å². The number of likely N-dealkylation sites (tertiary alicyclic amines) is 2. The number of ether oxygens (including phenoxy) is 3. The molecule has 4 amide bonds. The highest BCUT2D eigenvalue weighted by molar-refractivity contribution is 5.92. The fourth-order valence-electron chi connectivity index (χ4n) is 9.26. The Morgan fingerprint density at radius 2 is 1.51 bits per heavy atom. The van der Waals surface area contributed by atoms with Gasteiger partial charge in [-0.3, -0.25) is 9.59 Å². The van der Waals surface area contributed by atoms with Gasteiger partial charge in [0.2, 0.25) is 11.8 Å². The van der Waals surface area contributed by atoms with E-state index in [0.717, 1.165) is 89.1 Å². The minimum atomic E-state index is -0.703. The lowest BCUT2D eigenvalue weighted by Gasteiger charge is -2.34. The highest BCUT2D eigenvalue weighted by Gasteiger charge is 2.41. The van der Waals surface area contributed by atoms with Crippen LogP contribution in [0, 0.1) is 11.8 Å². The van der Waals surface area contributed by atoms with Gasteiger partial charge in [-0.05, 0) is 79.8 Å². The predicted molar refractivity (Wildman–Crippen MR) is 230 cm³/mol. The molecule has 0 spiro atoms. The standard InChI is InChI=1S/C45H57N9O7/c1-25(2)38(50-44(57)59-5)42(55)53-16-7-10-34(53)40-46-23-31(48-40)27-13-15-33-29(20-27)21-36-30-14-12-28(22-37(30)61-19-9-18-52(33)36)32-24-47-41(49-32)35-11-8-17-54(35)43(56)39(26(3)4)51-45(58)60-6/h12-15,20-26,34-35,38-40,46,48H,7-11,16-19H2,1-6H3,(H,47,49)(H,50,57)(H,51,58)/t34?,35-,38-,39-,40?/m0/s1. The zero-order valence-corrected chi connectivity index (χ0v) is 35.7. The second kappa shape index (κ2) is 17.4. The van der Waals surface area contributed by atoms with Gasteiger partial charge in [-0.25, -0.2) is 14.6 Å². The maximum atomic E-state index is 13.7. The molecular formula is C45H57N9O7. The first-order chi connectivity index (χ1) is 29.4. The summed E-state index contributed by atoms with van der Waals surface area (Å²) in [5, 5.41) is 13.7. The number of amides is 4. The van der Waals surface area contributed by atoms with Crippen LogP contribution in [0.15, 0.2) is 54.9 Å². The van der Waals surface area contributed by atoms with Crippen LogP contribution in [0.2, 0.25) is 0 Å². The van der Waals surface area contributed by atoms with E-state index in [-0.39, 0.29) is 41.9 Å². The van der Waals surface area contributed by atoms with E-state index in [0.29, 0.717) is 25.5 Å². The Morgan fingerprint density at radius 1 is 0.820 bits per heavy atom. The number of methoxy groups -OCH3 is 2. The number of nitrogens with zero attached hydrogens (tertiary/aromatic N) is 4. The highest BCUT2D eigenvalue weighted by Crippen LogP contribution is 2.40. The molecule has 16 nitrogen and oxygen atoms in total. The largest absolute Gasteiger partial charge is 0.493 e. The SMILES string of the molecule is COC(=O)N[C@H](C(=O)N1CCCC1C1NC=C(c2ccc3c(c2)cc2n3CCCOc3cc(-c4cnc([C@@H]5CCCN5C(=O)[C@@H](NC(=O)OC)C(C)C)[nH]4)ccc3-2)N1)C(C)C. The third-order valence-corrected chi connectivity index (χ3v) is 12.5. The number of carbonyl (C=O) groups is 4. The van der Waals surface area contributed by atoms with E-state index in [1.54, 1.807) is 0 Å². The van der Waals surface area contributed by atoms with Crippen LogP contribution in [0.25, 0.3) is 39.1 Å². The summed E-state index contributed by atoms with van der Waals surface area (Å²) in [7, 11) is 2.60. The number of H-pyrrole nitrogens is 1. The Labute approximate surface area is 355 Å². The van der Waals surface area contributed by atoms with Crippen molar-refractivity contribution < 1.29 is 33.4 Å². The molecule has 2 saturated heterocycles. The summed E-state index contributed by atoms with van der Waals surface area (Å²) < 4.78 is 18.4. The fraction of sp³-hybridized carbons (Fsp3) is 0.489. The van der Waals surface area contributed by atoms with Gasteiger partial charge in [-0.1, -0.05) is 39.8 Å². The van der Waals surface area contributed by atoms with E-state index in [2.05, 4.69) is 73.3 Å². The van der Waals surface area contributed by atoms with Gasteiger partial charge in [-0.2, -0.15) is 0 Å². The Balaban J connectivity index is 0.993. The molecular weight excluding hydrogens is 779 g/mol. The summed E-state index contributed by atoms with van der Waals surface area (Å²) in [5.74, 6) is 1.03. The zero-order valence-electron chi connectivity index (χ0n) is 35.7. The van der Waals surface area contributed by atoms with Crippen molar-refractivity contribution in [3.05, 3.63) is 66.2 Å². The molecule has 4 aromatic rings. The van der Waals surface area contributed by atoms with Gasteiger partial charge in [-0.15, -0.1) is 0 Å². The van der Waals surface area contributed by atoms with E-state index in [9.17, 15) is 19.2 Å². The zero-order chi connectivity index (χ0) is 42.9. The van der Waals surface area contributed by atoms with Crippen LogP contribution in [0.3, 0.4) is 0 Å². The van der Waals surface area contributed by atoms with Crippen LogP contribution in [0.4, 0.5) is 9.59 Å². The predicted octanol–water partition coefficient (Wildman–Crippen LogP) is 5.71. The van der Waals surface area contributed by atoms with E-state index in [4.69, 9.17) is 19.2 Å². The molecule has 2 fully saturated rings. The van der Waals surface area contributed by atoms with Gasteiger partial charge in [0, 0.05) is 47.9 Å². The number of hydrogen-bond acceptors (Lipinski definition) is 10. The Hall–Kier alpha value is -6.19. The number of alkyl carbamates (subject to hydrolysis) is 2. The van der Waals surface area contributed by atoms with Crippen molar-refractivity contribution in [1.29, 1.82) is 0 Å². The number of aromatic amines is 1. The van der Waals surface area contributed by atoms with Gasteiger partial charge in [0.05, 0.1) is 56.2 Å². The average Bonchev–Trinajstić information content (AvgIpc) is 4.11. The summed E-state index contributed by atoms with van der Waals surface area (Å²) >= 11 is 0. The molecule has 324 valence electrons. The molecule has 4 aliphatic heterocycles. The first-order valence-corrected chi connectivity index (χ1v) is 21.4. The summed E-state index contributed by atoms with van der Waals surface area (Å²) in [6, 6.07) is 13.3. The lowest BCUT2D eigenvalue weighted by Crippen LogP contribution is -2.57. The maximum absolute atomic E-state index is 13.7. The second-order valence-electron chi connectivity index (χ2n) is 17.0. The van der Waals surface area contributed by atoms with Crippen LogP contribution < -0.4 is 26.0 Å². The van der Waals surface area contributed by atoms with Crippen molar-refractivity contribution in [3.8, 4) is 28.3 Å². The van der Waals surface area contributed by atoms with Gasteiger partial charge >= 0.3 is 12.2 Å². The number of aryl methyl sites for hydroxylation is 1. The molecule has 5 atom stereocenters. The van der Waals surface area contributed by atoms with E-state index < -0.39 is 24.3 Å². The number of fused-ring (bicyclic) bond motifs is 5. The number of aromatic nitrogens is 3. The quantitative estimate of drug-likeness (QED) is 0.133. The molecule has 2 aromatic carbocycles. The average molecular weight is 836 g/mol. The van der Waals surface area contributed by atoms with Crippen molar-refractivity contribution in [2.45, 2.75) is 96.7 Å². The van der Waals surface area contributed by atoms with Crippen LogP contribution in [0.5, 0.6) is 5.75 Å². The normalized spacial score (nSPS) is 20.7. The van der Waals surface area contributed by atoms with Crippen molar-refractivity contribution in [1.82, 2.24) is 45.6 Å². The van der Waals surface area contributed by atoms with Gasteiger partial charge in [0.15, 0.2) is 0 Å². The molecule has 5 N–H and O–H groups in total. The molecule has 2 unspecified atom stereocenters. The minimum Gasteiger partial charge on any atom is -0.493 e. The number of carbonyl (C=O) groups excluding carboxylic acids is 4. The first kappa shape index (κ1) is 41.5. The summed E-state index contributed by atoms with van der Waals surface area (Å²) in [6.07, 6.45) is 6.55. The Bertz CT molecular complexity index is 2330. The molecule has 0 bridgehead atoms. The van der Waals surface area contributed by atoms with Gasteiger partial charge in [0.1, 0.15) is 29.8 Å². The number of benzene rings is 2. The summed E-state index contributed by atoms with van der Waals surface area (Å²) in [6.45, 7) is 10.2. The molecule has 2 aromatic heterocycles. The van der Waals surface area contributed by atoms with Crippen LogP contribution in [0.1, 0.15) is 77.2 Å². The molecule has 4 aliphatic rings. The maximum Gasteiger partial charge on any atom is 0.407 e. The number of nitrogens with one attached hydrogen (secondary N) is 5. The molecule has 61 heavy (non-hydrogen) atoms. The van der Waals surface area contributed by atoms with Crippen molar-refractivity contribution in [3.63, 3.8) is 0 Å². The first-order valence-electron chi connectivity index (χ1n) is 21.4. The molecule has 0 saturated carbocycles. The van der Waals surface area contributed by atoms with Crippen molar-refractivity contribution in [2.24, 2.45) is 11.8 Å². The van der Waals surface area contributed by atoms with Gasteiger partial charge < -0.3 is 54.8 Å².